The molecule has 2 amide bonds. The molecule has 3 aliphatic rings. The Labute approximate surface area is 261 Å². The van der Waals surface area contributed by atoms with E-state index in [1.165, 1.54) is 6.42 Å². The second-order valence-electron chi connectivity index (χ2n) is 11.7. The zero-order valence-electron chi connectivity index (χ0n) is 25.5. The van der Waals surface area contributed by atoms with Crippen LogP contribution >= 0.6 is 0 Å². The highest BCUT2D eigenvalue weighted by Gasteiger charge is 2.37. The maximum atomic E-state index is 13.7. The van der Waals surface area contributed by atoms with Crippen molar-refractivity contribution in [2.45, 2.75) is 82.3 Å². The first kappa shape index (κ1) is 34.6. The Bertz CT molecular complexity index is 1130. The molecule has 11 nitrogen and oxygen atoms in total. The van der Waals surface area contributed by atoms with Gasteiger partial charge in [0.05, 0.1) is 26.2 Å². The second-order valence-corrected chi connectivity index (χ2v) is 11.7. The molecule has 1 saturated carbocycles. The zero-order chi connectivity index (χ0) is 32.1. The summed E-state index contributed by atoms with van der Waals surface area (Å²) in [6.45, 7) is 1.44. The van der Waals surface area contributed by atoms with Crippen LogP contribution in [0.4, 0.5) is 18.0 Å². The number of aliphatic imine (C=N–C) groups is 1. The number of hydrogen-bond acceptors (Lipinski definition) is 8. The van der Waals surface area contributed by atoms with E-state index in [0.717, 1.165) is 37.7 Å². The van der Waals surface area contributed by atoms with Crippen LogP contribution in [0.1, 0.15) is 56.9 Å². The lowest BCUT2D eigenvalue weighted by atomic mass is 9.85. The highest BCUT2D eigenvalue weighted by molar-refractivity contribution is 5.97. The average molecular weight is 640 g/mol. The smallest absolute Gasteiger partial charge is 0.413 e. The largest absolute Gasteiger partial charge is 0.449 e. The van der Waals surface area contributed by atoms with Crippen LogP contribution in [-0.2, 0) is 30.3 Å². The number of benzene rings is 1. The Hall–Kier alpha value is -3.23. The number of alkyl carbamates (subject to hydrolysis) is 1. The van der Waals surface area contributed by atoms with Gasteiger partial charge in [-0.2, -0.15) is 13.2 Å². The normalized spacial score (nSPS) is 22.2. The molecule has 2 aliphatic heterocycles. The fourth-order valence-electron chi connectivity index (χ4n) is 5.71. The lowest BCUT2D eigenvalue weighted by Crippen LogP contribution is -2.51. The monoisotopic (exact) mass is 639 g/mol. The van der Waals surface area contributed by atoms with Gasteiger partial charge in [0.1, 0.15) is 24.8 Å². The molecule has 14 heteroatoms. The molecular weight excluding hydrogens is 595 g/mol. The summed E-state index contributed by atoms with van der Waals surface area (Å²) < 4.78 is 53.6. The maximum absolute atomic E-state index is 13.7. The van der Waals surface area contributed by atoms with Crippen LogP contribution in [0.15, 0.2) is 35.3 Å². The maximum Gasteiger partial charge on any atom is 0.413 e. The standard InChI is InChI=1S/C31H44F3N5O6/c32-31(33,34)13-16-44-30(42)38-29(39-14-17-43-18-15-39)37-24(12-11-22-7-3-1-4-8-22)28(41)36-25-21-45-26(27(25)40)20-35-19-23-9-5-2-6-10-23/h2,5-6,9-10,22,24-26,35H,1,3-4,7-8,11-21H2,(H,36,41)(H,37,38,42). The number of carbonyl (C=O) groups excluding carboxylic acids is 3. The van der Waals surface area contributed by atoms with E-state index >= 15 is 0 Å². The molecule has 3 N–H and O–H groups in total. The summed E-state index contributed by atoms with van der Waals surface area (Å²) in [7, 11) is 0. The molecule has 3 atom stereocenters. The number of halogens is 3. The Morgan fingerprint density at radius 1 is 1.09 bits per heavy atom. The summed E-state index contributed by atoms with van der Waals surface area (Å²) in [4.78, 5) is 45.6. The van der Waals surface area contributed by atoms with Crippen LogP contribution in [0, 0.1) is 5.92 Å². The fraction of sp³-hybridized carbons (Fsp3) is 0.677. The lowest BCUT2D eigenvalue weighted by Gasteiger charge is -2.31. The molecule has 1 aromatic rings. The number of Topliss-reactive ketones (excluding diaryl/α,β-unsaturated/α-hetero) is 1. The van der Waals surface area contributed by atoms with Gasteiger partial charge < -0.3 is 29.7 Å². The number of amides is 2. The molecule has 45 heavy (non-hydrogen) atoms. The molecule has 1 aromatic carbocycles. The van der Waals surface area contributed by atoms with Gasteiger partial charge in [-0.1, -0.05) is 62.4 Å². The predicted octanol–water partition coefficient (Wildman–Crippen LogP) is 3.32. The zero-order valence-corrected chi connectivity index (χ0v) is 25.5. The van der Waals surface area contributed by atoms with Gasteiger partial charge in [0, 0.05) is 26.2 Å². The van der Waals surface area contributed by atoms with Crippen LogP contribution in [0.5, 0.6) is 0 Å². The molecular formula is C31H44F3N5O6. The lowest BCUT2D eigenvalue weighted by molar-refractivity contribution is -0.141. The third kappa shape index (κ3) is 11.9. The van der Waals surface area contributed by atoms with E-state index < -0.39 is 49.4 Å². The van der Waals surface area contributed by atoms with Crippen molar-refractivity contribution in [1.82, 2.24) is 20.9 Å². The van der Waals surface area contributed by atoms with Crippen LogP contribution in [-0.4, -0.2) is 99.1 Å². The van der Waals surface area contributed by atoms with E-state index in [9.17, 15) is 27.6 Å². The van der Waals surface area contributed by atoms with E-state index in [0.29, 0.717) is 51.7 Å². The Morgan fingerprint density at radius 3 is 2.53 bits per heavy atom. The summed E-state index contributed by atoms with van der Waals surface area (Å²) in [5.74, 6) is -0.258. The molecule has 0 bridgehead atoms. The first-order valence-corrected chi connectivity index (χ1v) is 15.8. The van der Waals surface area contributed by atoms with Crippen molar-refractivity contribution in [3.63, 3.8) is 0 Å². The molecule has 3 fully saturated rings. The third-order valence-corrected chi connectivity index (χ3v) is 8.24. The minimum absolute atomic E-state index is 0.0242. The summed E-state index contributed by atoms with van der Waals surface area (Å²) in [5, 5.41) is 8.48. The van der Waals surface area contributed by atoms with E-state index in [4.69, 9.17) is 14.2 Å². The van der Waals surface area contributed by atoms with Crippen molar-refractivity contribution in [1.29, 1.82) is 0 Å². The summed E-state index contributed by atoms with van der Waals surface area (Å²) in [6, 6.07) is 7.95. The van der Waals surface area contributed by atoms with Crippen LogP contribution < -0.4 is 16.0 Å². The third-order valence-electron chi connectivity index (χ3n) is 8.24. The van der Waals surface area contributed by atoms with E-state index in [1.54, 1.807) is 4.90 Å². The van der Waals surface area contributed by atoms with E-state index in [1.807, 2.05) is 30.3 Å². The number of nitrogens with zero attached hydrogens (tertiary/aromatic N) is 2. The van der Waals surface area contributed by atoms with Gasteiger partial charge in [0.25, 0.3) is 0 Å². The Kier molecular flexibility index (Phi) is 13.4. The van der Waals surface area contributed by atoms with Gasteiger partial charge in [0.15, 0.2) is 5.78 Å². The predicted molar refractivity (Wildman–Crippen MR) is 159 cm³/mol. The molecule has 250 valence electrons. The van der Waals surface area contributed by atoms with Crippen molar-refractivity contribution >= 4 is 23.7 Å². The quantitative estimate of drug-likeness (QED) is 0.235. The minimum atomic E-state index is -4.47. The molecule has 4 rings (SSSR count). The molecule has 0 radical (unpaired) electrons. The van der Waals surface area contributed by atoms with E-state index in [-0.39, 0.29) is 18.3 Å². The van der Waals surface area contributed by atoms with Crippen LogP contribution in [0.25, 0.3) is 0 Å². The number of carbonyl (C=O) groups is 3. The second kappa shape index (κ2) is 17.5. The molecule has 0 spiro atoms. The highest BCUT2D eigenvalue weighted by Crippen LogP contribution is 2.28. The Balaban J connectivity index is 1.42. The number of ether oxygens (including phenoxy) is 3. The van der Waals surface area contributed by atoms with Crippen molar-refractivity contribution in [2.24, 2.45) is 10.9 Å². The number of morpholine rings is 1. The van der Waals surface area contributed by atoms with Gasteiger partial charge >= 0.3 is 12.3 Å². The highest BCUT2D eigenvalue weighted by atomic mass is 19.4. The molecule has 0 aromatic heterocycles. The average Bonchev–Trinajstić information content (AvgIpc) is 3.37. The molecule has 1 aliphatic carbocycles. The van der Waals surface area contributed by atoms with Gasteiger partial charge in [-0.05, 0) is 24.3 Å². The summed E-state index contributed by atoms with van der Waals surface area (Å²) in [6.07, 6.45) is -0.888. The summed E-state index contributed by atoms with van der Waals surface area (Å²) >= 11 is 0. The van der Waals surface area contributed by atoms with Crippen molar-refractivity contribution in [3.8, 4) is 0 Å². The molecule has 3 unspecified atom stereocenters. The number of guanidine groups is 1. The first-order valence-electron chi connectivity index (χ1n) is 15.8. The van der Waals surface area contributed by atoms with E-state index in [2.05, 4.69) is 20.9 Å². The van der Waals surface area contributed by atoms with Crippen molar-refractivity contribution in [2.75, 3.05) is 46.1 Å². The van der Waals surface area contributed by atoms with Crippen molar-refractivity contribution in [3.05, 3.63) is 35.9 Å². The van der Waals surface area contributed by atoms with Crippen molar-refractivity contribution < 1.29 is 41.8 Å². The van der Waals surface area contributed by atoms with Crippen LogP contribution in [0.3, 0.4) is 0 Å². The van der Waals surface area contributed by atoms with Gasteiger partial charge in [-0.25, -0.2) is 9.79 Å². The van der Waals surface area contributed by atoms with Gasteiger partial charge in [-0.15, -0.1) is 0 Å². The number of ketones is 1. The molecule has 2 saturated heterocycles. The van der Waals surface area contributed by atoms with Gasteiger partial charge in [0.2, 0.25) is 11.9 Å². The number of hydrogen-bond donors (Lipinski definition) is 3. The Morgan fingerprint density at radius 2 is 1.82 bits per heavy atom. The number of alkyl halides is 3. The fourth-order valence-corrected chi connectivity index (χ4v) is 5.71. The molecule has 2 heterocycles. The first-order chi connectivity index (χ1) is 21.7. The number of nitrogens with one attached hydrogen (secondary N) is 3. The number of rotatable bonds is 12. The minimum Gasteiger partial charge on any atom is -0.449 e. The SMILES string of the molecule is O=C(NC(=NC(CCC1CCCCC1)C(=O)NC1COC(CNCc2ccccc2)C1=O)N1CCOCC1)OCCC(F)(F)F. The summed E-state index contributed by atoms with van der Waals surface area (Å²) in [5.41, 5.74) is 1.07. The topological polar surface area (TPSA) is 131 Å². The van der Waals surface area contributed by atoms with Crippen LogP contribution in [0.2, 0.25) is 0 Å². The van der Waals surface area contributed by atoms with Gasteiger partial charge in [-0.3, -0.25) is 14.9 Å².